The van der Waals surface area contributed by atoms with Gasteiger partial charge in [0.1, 0.15) is 5.60 Å². The van der Waals surface area contributed by atoms with Crippen molar-refractivity contribution >= 4 is 11.9 Å². The molecule has 0 spiro atoms. The van der Waals surface area contributed by atoms with Crippen LogP contribution in [-0.2, 0) is 23.8 Å². The average Bonchev–Trinajstić information content (AvgIpc) is 2.68. The molecule has 184 valence electrons. The number of ether oxygens (including phenoxy) is 3. The lowest BCUT2D eigenvalue weighted by Crippen LogP contribution is -2.59. The highest BCUT2D eigenvalue weighted by atomic mass is 19.3. The van der Waals surface area contributed by atoms with Gasteiger partial charge in [-0.15, -0.1) is 0 Å². The molecule has 8 rings (SSSR count). The molecule has 0 saturated heterocycles. The van der Waals surface area contributed by atoms with E-state index in [1.807, 2.05) is 0 Å². The summed E-state index contributed by atoms with van der Waals surface area (Å²) in [4.78, 5) is 24.9. The predicted molar refractivity (Wildman–Crippen MR) is 114 cm³/mol. The van der Waals surface area contributed by atoms with Gasteiger partial charge < -0.3 is 14.2 Å². The molecule has 8 saturated carbocycles. The van der Waals surface area contributed by atoms with Crippen LogP contribution in [0.1, 0.15) is 77.6 Å². The van der Waals surface area contributed by atoms with Crippen LogP contribution in [0.15, 0.2) is 0 Å². The van der Waals surface area contributed by atoms with Gasteiger partial charge in [-0.1, -0.05) is 0 Å². The third kappa shape index (κ3) is 4.00. The fourth-order valence-electron chi connectivity index (χ4n) is 9.67. The van der Waals surface area contributed by atoms with E-state index >= 15 is 0 Å². The smallest absolute Gasteiger partial charge is 0.377 e. The van der Waals surface area contributed by atoms with Gasteiger partial charge in [0.15, 0.2) is 6.79 Å². The quantitative estimate of drug-likeness (QED) is 0.296. The Morgan fingerprint density at radius 2 is 1.39 bits per heavy atom. The van der Waals surface area contributed by atoms with Crippen molar-refractivity contribution in [2.24, 2.45) is 46.8 Å². The Labute approximate surface area is 194 Å². The van der Waals surface area contributed by atoms with E-state index in [2.05, 4.69) is 0 Å². The van der Waals surface area contributed by atoms with Crippen LogP contribution in [0.2, 0.25) is 0 Å². The third-order valence-electron chi connectivity index (χ3n) is 10.0. The van der Waals surface area contributed by atoms with Gasteiger partial charge in [0.2, 0.25) is 0 Å². The van der Waals surface area contributed by atoms with Gasteiger partial charge in [0, 0.05) is 6.92 Å². The second-order valence-corrected chi connectivity index (χ2v) is 12.8. The zero-order valence-corrected chi connectivity index (χ0v) is 19.5. The second kappa shape index (κ2) is 7.63. The standard InChI is InChI=1S/C26H36F2O5/c1-24(27,28)23(30)33-26-10-18-5-19(11-26)21(20(6-18)12-26)22(29)32-14-31-13-25-7-15-2-16(8-25)4-17(3-15)9-25/h15-21H,2-14H2,1H3. The van der Waals surface area contributed by atoms with Crippen molar-refractivity contribution < 1.29 is 32.6 Å². The maximum atomic E-state index is 13.5. The number of hydrogen-bond donors (Lipinski definition) is 0. The normalized spacial score (nSPS) is 47.1. The van der Waals surface area contributed by atoms with Gasteiger partial charge in [0.05, 0.1) is 12.5 Å². The molecule has 0 heterocycles. The highest BCUT2D eigenvalue weighted by Gasteiger charge is 2.60. The number of rotatable bonds is 7. The molecule has 33 heavy (non-hydrogen) atoms. The first-order valence-corrected chi connectivity index (χ1v) is 13.0. The Bertz CT molecular complexity index is 769. The molecule has 0 radical (unpaired) electrons. The molecule has 7 heteroatoms. The Hall–Kier alpha value is -1.24. The van der Waals surface area contributed by atoms with E-state index in [0.29, 0.717) is 44.1 Å². The van der Waals surface area contributed by atoms with E-state index in [0.717, 1.165) is 30.6 Å². The lowest BCUT2D eigenvalue weighted by Gasteiger charge is -2.58. The third-order valence-corrected chi connectivity index (χ3v) is 10.0. The summed E-state index contributed by atoms with van der Waals surface area (Å²) in [6.07, 6.45) is 11.3. The van der Waals surface area contributed by atoms with E-state index in [9.17, 15) is 18.4 Å². The molecule has 0 aliphatic heterocycles. The van der Waals surface area contributed by atoms with Gasteiger partial charge in [-0.05, 0) is 112 Å². The second-order valence-electron chi connectivity index (χ2n) is 12.8. The lowest BCUT2D eigenvalue weighted by molar-refractivity contribution is -0.220. The van der Waals surface area contributed by atoms with Crippen LogP contribution >= 0.6 is 0 Å². The van der Waals surface area contributed by atoms with E-state index in [-0.39, 0.29) is 30.5 Å². The van der Waals surface area contributed by atoms with Crippen LogP contribution < -0.4 is 0 Å². The molecule has 8 aliphatic carbocycles. The number of carbonyl (C=O) groups excluding carboxylic acids is 2. The summed E-state index contributed by atoms with van der Waals surface area (Å²) in [6, 6.07) is 0. The predicted octanol–water partition coefficient (Wildman–Crippen LogP) is 5.11. The average molecular weight is 467 g/mol. The first-order valence-electron chi connectivity index (χ1n) is 13.0. The molecular formula is C26H36F2O5. The SMILES string of the molecule is CC(F)(F)C(=O)OC12CC3CC(C1)C(C(=O)OCOCC14CC5CC(CC(C5)C1)C4)C(C3)C2. The van der Waals surface area contributed by atoms with E-state index in [1.54, 1.807) is 0 Å². The van der Waals surface area contributed by atoms with Crippen molar-refractivity contribution in [3.05, 3.63) is 0 Å². The van der Waals surface area contributed by atoms with Crippen molar-refractivity contribution in [2.75, 3.05) is 13.4 Å². The summed E-state index contributed by atoms with van der Waals surface area (Å²) in [7, 11) is 0. The molecule has 2 atom stereocenters. The van der Waals surface area contributed by atoms with E-state index < -0.39 is 17.5 Å². The van der Waals surface area contributed by atoms with E-state index in [4.69, 9.17) is 14.2 Å². The molecule has 0 amide bonds. The summed E-state index contributed by atoms with van der Waals surface area (Å²) in [5, 5.41) is 0. The van der Waals surface area contributed by atoms with Gasteiger partial charge in [0.25, 0.3) is 0 Å². The Morgan fingerprint density at radius 3 is 1.94 bits per heavy atom. The lowest BCUT2D eigenvalue weighted by atomic mass is 9.50. The van der Waals surface area contributed by atoms with Crippen LogP contribution in [0.4, 0.5) is 8.78 Å². The van der Waals surface area contributed by atoms with Gasteiger partial charge >= 0.3 is 17.9 Å². The molecule has 8 aliphatic rings. The Kier molecular flexibility index (Phi) is 5.14. The maximum Gasteiger partial charge on any atom is 0.377 e. The fraction of sp³-hybridized carbons (Fsp3) is 0.923. The first-order chi connectivity index (χ1) is 15.6. The van der Waals surface area contributed by atoms with Crippen LogP contribution in [0, 0.1) is 46.8 Å². The number of halogens is 2. The number of carbonyl (C=O) groups is 2. The topological polar surface area (TPSA) is 61.8 Å². The molecule has 0 aromatic carbocycles. The molecule has 8 fully saturated rings. The van der Waals surface area contributed by atoms with Gasteiger partial charge in [-0.25, -0.2) is 4.79 Å². The molecule has 2 unspecified atom stereocenters. The molecule has 0 aromatic heterocycles. The molecular weight excluding hydrogens is 430 g/mol. The largest absolute Gasteiger partial charge is 0.455 e. The van der Waals surface area contributed by atoms with Crippen molar-refractivity contribution in [3.8, 4) is 0 Å². The number of alkyl halides is 2. The van der Waals surface area contributed by atoms with Crippen LogP contribution in [0.5, 0.6) is 0 Å². The van der Waals surface area contributed by atoms with E-state index in [1.165, 1.54) is 38.5 Å². The van der Waals surface area contributed by atoms with Crippen molar-refractivity contribution in [1.29, 1.82) is 0 Å². The van der Waals surface area contributed by atoms with Gasteiger partial charge in [-0.3, -0.25) is 4.79 Å². The van der Waals surface area contributed by atoms with Crippen molar-refractivity contribution in [3.63, 3.8) is 0 Å². The zero-order valence-electron chi connectivity index (χ0n) is 19.5. The summed E-state index contributed by atoms with van der Waals surface area (Å²) < 4.78 is 43.9. The molecule has 0 aromatic rings. The first kappa shape index (κ1) is 22.2. The van der Waals surface area contributed by atoms with Crippen LogP contribution in [-0.4, -0.2) is 36.9 Å². The minimum atomic E-state index is -3.49. The summed E-state index contributed by atoms with van der Waals surface area (Å²) in [6.45, 7) is 1.27. The number of esters is 2. The number of hydrogen-bond acceptors (Lipinski definition) is 5. The Balaban J connectivity index is 1.02. The minimum Gasteiger partial charge on any atom is -0.455 e. The maximum absolute atomic E-state index is 13.5. The van der Waals surface area contributed by atoms with Crippen LogP contribution in [0.25, 0.3) is 0 Å². The summed E-state index contributed by atoms with van der Waals surface area (Å²) in [5.74, 6) is -2.40. The van der Waals surface area contributed by atoms with Crippen molar-refractivity contribution in [2.45, 2.75) is 89.1 Å². The highest BCUT2D eigenvalue weighted by molar-refractivity contribution is 5.77. The summed E-state index contributed by atoms with van der Waals surface area (Å²) >= 11 is 0. The molecule has 8 bridgehead atoms. The fourth-order valence-corrected chi connectivity index (χ4v) is 9.67. The minimum absolute atomic E-state index is 0.00212. The van der Waals surface area contributed by atoms with Crippen molar-refractivity contribution in [1.82, 2.24) is 0 Å². The summed E-state index contributed by atoms with van der Waals surface area (Å²) in [5.41, 5.74) is -0.541. The van der Waals surface area contributed by atoms with Gasteiger partial charge in [-0.2, -0.15) is 8.78 Å². The monoisotopic (exact) mass is 466 g/mol. The zero-order chi connectivity index (χ0) is 23.0. The Morgan fingerprint density at radius 1 is 0.848 bits per heavy atom. The molecule has 5 nitrogen and oxygen atoms in total. The highest BCUT2D eigenvalue weighted by Crippen LogP contribution is 2.61. The molecule has 0 N–H and O–H groups in total. The van der Waals surface area contributed by atoms with Crippen LogP contribution in [0.3, 0.4) is 0 Å².